The first kappa shape index (κ1) is 19.4. The van der Waals surface area contributed by atoms with E-state index in [1.54, 1.807) is 0 Å². The third kappa shape index (κ3) is 6.09. The van der Waals surface area contributed by atoms with Gasteiger partial charge in [-0.2, -0.15) is 0 Å². The van der Waals surface area contributed by atoms with Gasteiger partial charge < -0.3 is 16.0 Å². The smallest absolute Gasteiger partial charge is 0.224 e. The number of rotatable bonds is 8. The van der Waals surface area contributed by atoms with Gasteiger partial charge in [-0.15, -0.1) is 0 Å². The molecule has 3 rings (SSSR count). The number of hydrogen-bond acceptors (Lipinski definition) is 5. The zero-order valence-corrected chi connectivity index (χ0v) is 16.2. The van der Waals surface area contributed by atoms with Gasteiger partial charge >= 0.3 is 0 Å². The Morgan fingerprint density at radius 3 is 2.14 bits per heavy atom. The van der Waals surface area contributed by atoms with Crippen molar-refractivity contribution in [2.75, 3.05) is 22.5 Å². The standard InChI is InChI=1S/C22H25N5O/c1-16-15-17(2)25-22(24-16)23-14-6-9-21(28)27-20-12-10-19(11-13-20)26-18-7-4-3-5-8-18/h3-5,7-8,10-13,15,26H,6,9,14H2,1-2H3,(H,27,28)(H,23,24,25). The number of aryl methyl sites for hydroxylation is 2. The molecule has 6 heteroatoms. The third-order valence-corrected chi connectivity index (χ3v) is 4.08. The van der Waals surface area contributed by atoms with Crippen molar-refractivity contribution in [2.24, 2.45) is 0 Å². The van der Waals surface area contributed by atoms with Gasteiger partial charge in [-0.3, -0.25) is 4.79 Å². The van der Waals surface area contributed by atoms with E-state index in [0.717, 1.165) is 28.5 Å². The quantitative estimate of drug-likeness (QED) is 0.499. The SMILES string of the molecule is Cc1cc(C)nc(NCCCC(=O)Nc2ccc(Nc3ccccc3)cc2)n1. The summed E-state index contributed by atoms with van der Waals surface area (Å²) in [6, 6.07) is 19.6. The number of nitrogens with one attached hydrogen (secondary N) is 3. The lowest BCUT2D eigenvalue weighted by Gasteiger charge is -2.09. The maximum Gasteiger partial charge on any atom is 0.224 e. The molecule has 0 aliphatic rings. The fourth-order valence-electron chi connectivity index (χ4n) is 2.80. The van der Waals surface area contributed by atoms with Crippen LogP contribution in [0.15, 0.2) is 60.7 Å². The number of anilines is 4. The van der Waals surface area contributed by atoms with Crippen LogP contribution < -0.4 is 16.0 Å². The largest absolute Gasteiger partial charge is 0.356 e. The monoisotopic (exact) mass is 375 g/mol. The normalized spacial score (nSPS) is 10.4. The van der Waals surface area contributed by atoms with E-state index in [2.05, 4.69) is 25.9 Å². The molecule has 0 spiro atoms. The van der Waals surface area contributed by atoms with E-state index in [1.807, 2.05) is 74.5 Å². The molecule has 1 heterocycles. The average molecular weight is 375 g/mol. The summed E-state index contributed by atoms with van der Waals surface area (Å²) in [6.07, 6.45) is 1.14. The number of aromatic nitrogens is 2. The highest BCUT2D eigenvalue weighted by molar-refractivity contribution is 5.90. The molecule has 0 radical (unpaired) electrons. The molecule has 144 valence electrons. The molecule has 2 aromatic carbocycles. The second-order valence-electron chi connectivity index (χ2n) is 6.62. The van der Waals surface area contributed by atoms with E-state index in [0.29, 0.717) is 25.3 Å². The molecule has 0 bridgehead atoms. The van der Waals surface area contributed by atoms with Crippen LogP contribution in [-0.2, 0) is 4.79 Å². The van der Waals surface area contributed by atoms with Crippen LogP contribution in [0.25, 0.3) is 0 Å². The van der Waals surface area contributed by atoms with Crippen molar-refractivity contribution in [1.29, 1.82) is 0 Å². The minimum atomic E-state index is -0.00749. The predicted molar refractivity (Wildman–Crippen MR) is 114 cm³/mol. The molecule has 0 atom stereocenters. The average Bonchev–Trinajstić information content (AvgIpc) is 2.67. The van der Waals surface area contributed by atoms with E-state index in [1.165, 1.54) is 0 Å². The second-order valence-corrected chi connectivity index (χ2v) is 6.62. The number of carbonyl (C=O) groups excluding carboxylic acids is 1. The molecule has 1 aromatic heterocycles. The zero-order valence-electron chi connectivity index (χ0n) is 16.2. The van der Waals surface area contributed by atoms with Crippen LogP contribution in [0, 0.1) is 13.8 Å². The first-order chi connectivity index (χ1) is 13.6. The number of amides is 1. The van der Waals surface area contributed by atoms with Crippen molar-refractivity contribution in [1.82, 2.24) is 9.97 Å². The molecule has 0 aliphatic heterocycles. The molecule has 0 aliphatic carbocycles. The van der Waals surface area contributed by atoms with Crippen LogP contribution >= 0.6 is 0 Å². The van der Waals surface area contributed by atoms with Crippen molar-refractivity contribution in [2.45, 2.75) is 26.7 Å². The van der Waals surface area contributed by atoms with Crippen molar-refractivity contribution in [3.8, 4) is 0 Å². The summed E-state index contributed by atoms with van der Waals surface area (Å²) in [5.41, 5.74) is 4.64. The van der Waals surface area contributed by atoms with Crippen LogP contribution in [0.3, 0.4) is 0 Å². The molecule has 0 unspecified atom stereocenters. The topological polar surface area (TPSA) is 78.9 Å². The first-order valence-corrected chi connectivity index (χ1v) is 9.37. The van der Waals surface area contributed by atoms with Gasteiger partial charge in [0.25, 0.3) is 0 Å². The Balaban J connectivity index is 1.40. The van der Waals surface area contributed by atoms with Gasteiger partial charge in [0.05, 0.1) is 0 Å². The lowest BCUT2D eigenvalue weighted by Crippen LogP contribution is -2.14. The molecule has 0 fully saturated rings. The van der Waals surface area contributed by atoms with Gasteiger partial charge in [-0.1, -0.05) is 18.2 Å². The lowest BCUT2D eigenvalue weighted by atomic mass is 10.2. The van der Waals surface area contributed by atoms with E-state index in [-0.39, 0.29) is 5.91 Å². The Kier molecular flexibility index (Phi) is 6.57. The summed E-state index contributed by atoms with van der Waals surface area (Å²) in [4.78, 5) is 20.8. The van der Waals surface area contributed by atoms with Gasteiger partial charge in [0, 0.05) is 41.4 Å². The molecule has 0 saturated heterocycles. The summed E-state index contributed by atoms with van der Waals surface area (Å²) in [7, 11) is 0. The van der Waals surface area contributed by atoms with E-state index >= 15 is 0 Å². The molecular formula is C22H25N5O. The van der Waals surface area contributed by atoms with Crippen LogP contribution in [-0.4, -0.2) is 22.4 Å². The van der Waals surface area contributed by atoms with Gasteiger partial charge in [-0.05, 0) is 62.7 Å². The van der Waals surface area contributed by atoms with Crippen molar-refractivity contribution < 1.29 is 4.79 Å². The minimum absolute atomic E-state index is 0.00749. The first-order valence-electron chi connectivity index (χ1n) is 9.37. The number of para-hydroxylation sites is 1. The van der Waals surface area contributed by atoms with Crippen molar-refractivity contribution >= 4 is 28.9 Å². The summed E-state index contributed by atoms with van der Waals surface area (Å²) in [6.45, 7) is 4.53. The van der Waals surface area contributed by atoms with Crippen LogP contribution in [0.2, 0.25) is 0 Å². The fraction of sp³-hybridized carbons (Fsp3) is 0.227. The summed E-state index contributed by atoms with van der Waals surface area (Å²) >= 11 is 0. The molecule has 0 saturated carbocycles. The van der Waals surface area contributed by atoms with Crippen molar-refractivity contribution in [3.63, 3.8) is 0 Å². The summed E-state index contributed by atoms with van der Waals surface area (Å²) < 4.78 is 0. The highest BCUT2D eigenvalue weighted by Crippen LogP contribution is 2.18. The fourth-order valence-corrected chi connectivity index (χ4v) is 2.80. The highest BCUT2D eigenvalue weighted by atomic mass is 16.1. The lowest BCUT2D eigenvalue weighted by molar-refractivity contribution is -0.116. The number of carbonyl (C=O) groups is 1. The van der Waals surface area contributed by atoms with Crippen molar-refractivity contribution in [3.05, 3.63) is 72.1 Å². The number of nitrogens with zero attached hydrogens (tertiary/aromatic N) is 2. The molecule has 6 nitrogen and oxygen atoms in total. The Morgan fingerprint density at radius 2 is 1.46 bits per heavy atom. The molecule has 3 N–H and O–H groups in total. The Morgan fingerprint density at radius 1 is 0.857 bits per heavy atom. The Hall–Kier alpha value is -3.41. The molecular weight excluding hydrogens is 350 g/mol. The van der Waals surface area contributed by atoms with Gasteiger partial charge in [0.1, 0.15) is 0 Å². The number of hydrogen-bond donors (Lipinski definition) is 3. The van der Waals surface area contributed by atoms with E-state index in [9.17, 15) is 4.79 Å². The second kappa shape index (κ2) is 9.50. The molecule has 3 aromatic rings. The summed E-state index contributed by atoms with van der Waals surface area (Å²) in [5, 5.41) is 9.41. The number of benzene rings is 2. The van der Waals surface area contributed by atoms with Crippen LogP contribution in [0.4, 0.5) is 23.0 Å². The predicted octanol–water partition coefficient (Wildman–Crippen LogP) is 4.67. The minimum Gasteiger partial charge on any atom is -0.356 e. The third-order valence-electron chi connectivity index (χ3n) is 4.08. The van der Waals surface area contributed by atoms with Crippen LogP contribution in [0.5, 0.6) is 0 Å². The van der Waals surface area contributed by atoms with Gasteiger partial charge in [-0.25, -0.2) is 9.97 Å². The Labute approximate surface area is 165 Å². The maximum absolute atomic E-state index is 12.1. The van der Waals surface area contributed by atoms with Crippen LogP contribution in [0.1, 0.15) is 24.2 Å². The summed E-state index contributed by atoms with van der Waals surface area (Å²) in [5.74, 6) is 0.603. The molecule has 28 heavy (non-hydrogen) atoms. The maximum atomic E-state index is 12.1. The zero-order chi connectivity index (χ0) is 19.8. The van der Waals surface area contributed by atoms with E-state index in [4.69, 9.17) is 0 Å². The van der Waals surface area contributed by atoms with Gasteiger partial charge in [0.2, 0.25) is 11.9 Å². The van der Waals surface area contributed by atoms with E-state index < -0.39 is 0 Å². The Bertz CT molecular complexity index is 890. The highest BCUT2D eigenvalue weighted by Gasteiger charge is 2.04. The van der Waals surface area contributed by atoms with Gasteiger partial charge in [0.15, 0.2) is 0 Å². The molecule has 1 amide bonds.